The van der Waals surface area contributed by atoms with Crippen LogP contribution in [0, 0.1) is 0 Å². The maximum atomic E-state index is 12.1. The Bertz CT molecular complexity index is 2900. The summed E-state index contributed by atoms with van der Waals surface area (Å²) in [5, 5.41) is 9.80. The van der Waals surface area contributed by atoms with Gasteiger partial charge in [0.25, 0.3) is 30.4 Å². The SMILES string of the molecule is CC1(C)C(=CC=CC(=CC=CC2=[N+](CCCCS(=O)(=O)O)c3ccc(S(=O)(=O)[O-])cc3C2(C)C)c2cccc(C(=O)O)c2)N(CCCCS(=O)(=O)O)c2ccc(S(=O)(=O)O)cc21.[NaH]. The number of carboxylic acids is 1. The van der Waals surface area contributed by atoms with Crippen LogP contribution in [0.15, 0.2) is 113 Å². The Morgan fingerprint density at radius 3 is 1.95 bits per heavy atom. The van der Waals surface area contributed by atoms with Crippen LogP contribution in [-0.2, 0) is 51.3 Å². The van der Waals surface area contributed by atoms with Crippen molar-refractivity contribution >= 4 is 98.7 Å². The molecule has 2 aliphatic heterocycles. The molecule has 63 heavy (non-hydrogen) atoms. The number of fused-ring (bicyclic) bond motifs is 2. The van der Waals surface area contributed by atoms with Crippen LogP contribution in [0.3, 0.4) is 0 Å². The van der Waals surface area contributed by atoms with E-state index in [9.17, 15) is 61.8 Å². The van der Waals surface area contributed by atoms with Gasteiger partial charge in [-0.05, 0) is 98.4 Å². The Morgan fingerprint density at radius 2 is 1.35 bits per heavy atom. The summed E-state index contributed by atoms with van der Waals surface area (Å²) in [5.41, 5.74) is 3.07. The summed E-state index contributed by atoms with van der Waals surface area (Å²) in [5.74, 6) is -2.07. The van der Waals surface area contributed by atoms with Gasteiger partial charge in [-0.25, -0.2) is 13.2 Å². The fourth-order valence-electron chi connectivity index (χ4n) is 7.78. The zero-order chi connectivity index (χ0) is 46.1. The second-order valence-electron chi connectivity index (χ2n) is 16.0. The minimum atomic E-state index is -4.80. The number of anilines is 1. The van der Waals surface area contributed by atoms with E-state index in [2.05, 4.69) is 0 Å². The zero-order valence-electron chi connectivity index (χ0n) is 34.3. The molecule has 0 amide bonds. The van der Waals surface area contributed by atoms with Crippen molar-refractivity contribution in [2.45, 2.75) is 74.0 Å². The monoisotopic (exact) mass is 956 g/mol. The third-order valence-electron chi connectivity index (χ3n) is 10.9. The summed E-state index contributed by atoms with van der Waals surface area (Å²) in [4.78, 5) is 13.2. The molecule has 5 rings (SSSR count). The third kappa shape index (κ3) is 12.7. The Hall–Kier alpha value is -3.80. The van der Waals surface area contributed by atoms with Crippen molar-refractivity contribution in [1.29, 1.82) is 0 Å². The van der Waals surface area contributed by atoms with Crippen LogP contribution >= 0.6 is 0 Å². The third-order valence-corrected chi connectivity index (χ3v) is 14.2. The van der Waals surface area contributed by atoms with E-state index >= 15 is 0 Å². The standard InChI is InChI=1S/C42H48N2O14S4.Na.H/c1-41(2)34-27-32(61(53,54)55)18-20-36(34)43(22-5-7-24-59(47,48)49)38(41)16-10-12-29(30-14-9-15-31(26-30)40(45)46)13-11-17-39-42(3,4)35-28-33(62(56,57)58)19-21-37(35)44(39)23-6-8-25-60(50,51)52;;/h9-21,26-28H,5-8,22-25H2,1-4H3,(H4-,45,46,47,48,49,50,51,52,53,54,55,56,57,58);;. The van der Waals surface area contributed by atoms with Gasteiger partial charge in [0.2, 0.25) is 5.69 Å². The van der Waals surface area contributed by atoms with Crippen molar-refractivity contribution in [3.63, 3.8) is 0 Å². The van der Waals surface area contributed by atoms with Gasteiger partial charge >= 0.3 is 35.5 Å². The summed E-state index contributed by atoms with van der Waals surface area (Å²) in [6.45, 7) is 7.95. The molecule has 0 bridgehead atoms. The molecule has 21 heteroatoms. The van der Waals surface area contributed by atoms with Crippen molar-refractivity contribution in [2.24, 2.45) is 0 Å². The number of aromatic carboxylic acids is 1. The topological polar surface area (TPSA) is 264 Å². The number of hydrogen-bond donors (Lipinski definition) is 4. The molecule has 16 nitrogen and oxygen atoms in total. The van der Waals surface area contributed by atoms with Gasteiger partial charge in [0.15, 0.2) is 5.71 Å². The second kappa shape index (κ2) is 19.7. The predicted molar refractivity (Wildman–Crippen MR) is 240 cm³/mol. The average molecular weight is 957 g/mol. The second-order valence-corrected chi connectivity index (χ2v) is 21.9. The van der Waals surface area contributed by atoms with Crippen molar-refractivity contribution < 1.29 is 66.4 Å². The van der Waals surface area contributed by atoms with E-state index in [-0.39, 0.29) is 65.9 Å². The summed E-state index contributed by atoms with van der Waals surface area (Å²) in [7, 11) is -17.8. The number of carbonyl (C=O) groups is 1. The van der Waals surface area contributed by atoms with E-state index in [0.29, 0.717) is 57.9 Å². The Balaban J connectivity index is 0.00000871. The van der Waals surface area contributed by atoms with E-state index in [1.54, 1.807) is 54.7 Å². The number of carboxylic acid groups (broad SMARTS) is 1. The molecule has 0 fully saturated rings. The van der Waals surface area contributed by atoms with Gasteiger partial charge in [-0.3, -0.25) is 13.7 Å². The molecular weight excluding hydrogens is 908 g/mol. The van der Waals surface area contributed by atoms with E-state index < -0.39 is 73.7 Å². The first-order valence-electron chi connectivity index (χ1n) is 19.3. The first-order chi connectivity index (χ1) is 28.6. The molecule has 0 spiro atoms. The van der Waals surface area contributed by atoms with Crippen molar-refractivity contribution in [3.05, 3.63) is 125 Å². The van der Waals surface area contributed by atoms with Crippen LogP contribution in [0.5, 0.6) is 0 Å². The summed E-state index contributed by atoms with van der Waals surface area (Å²) >= 11 is 0. The quantitative estimate of drug-likeness (QED) is 0.0405. The molecule has 3 aromatic carbocycles. The molecule has 0 aromatic heterocycles. The Kier molecular flexibility index (Phi) is 16.2. The molecule has 0 unspecified atom stereocenters. The van der Waals surface area contributed by atoms with Crippen LogP contribution in [0.25, 0.3) is 5.57 Å². The van der Waals surface area contributed by atoms with Gasteiger partial charge < -0.3 is 14.6 Å². The maximum absolute atomic E-state index is 12.1. The summed E-state index contributed by atoms with van der Waals surface area (Å²) in [6, 6.07) is 14.5. The number of unbranched alkanes of at least 4 members (excludes halogenated alkanes) is 2. The number of nitrogens with zero attached hydrogens (tertiary/aromatic N) is 2. The van der Waals surface area contributed by atoms with Crippen LogP contribution < -0.4 is 4.90 Å². The Morgan fingerprint density at radius 1 is 0.746 bits per heavy atom. The number of benzene rings is 3. The van der Waals surface area contributed by atoms with Crippen LogP contribution in [0.4, 0.5) is 11.4 Å². The molecule has 2 heterocycles. The summed E-state index contributed by atoms with van der Waals surface area (Å²) < 4.78 is 136. The first-order valence-corrected chi connectivity index (χ1v) is 25.3. The van der Waals surface area contributed by atoms with Gasteiger partial charge in [0.05, 0.1) is 32.3 Å². The minimum absolute atomic E-state index is 0. The van der Waals surface area contributed by atoms with Crippen LogP contribution in [-0.4, -0.2) is 127 Å². The van der Waals surface area contributed by atoms with E-state index in [4.69, 9.17) is 0 Å². The molecule has 0 atom stereocenters. The van der Waals surface area contributed by atoms with Crippen molar-refractivity contribution in [1.82, 2.24) is 0 Å². The zero-order valence-corrected chi connectivity index (χ0v) is 37.6. The van der Waals surface area contributed by atoms with E-state index in [0.717, 1.165) is 0 Å². The van der Waals surface area contributed by atoms with Crippen molar-refractivity contribution in [3.8, 4) is 0 Å². The average Bonchev–Trinajstić information content (AvgIpc) is 3.50. The van der Waals surface area contributed by atoms with Crippen molar-refractivity contribution in [2.75, 3.05) is 29.5 Å². The molecule has 336 valence electrons. The number of allylic oxidation sites excluding steroid dienone is 8. The summed E-state index contributed by atoms with van der Waals surface area (Å²) in [6.07, 6.45) is 11.4. The molecule has 2 aliphatic rings. The molecule has 0 saturated heterocycles. The normalized spacial score (nSPS) is 17.1. The van der Waals surface area contributed by atoms with Crippen LogP contribution in [0.2, 0.25) is 0 Å². The molecule has 3 aromatic rings. The van der Waals surface area contributed by atoms with Gasteiger partial charge in [-0.1, -0.05) is 50.3 Å². The van der Waals surface area contributed by atoms with E-state index in [1.165, 1.54) is 42.5 Å². The van der Waals surface area contributed by atoms with Gasteiger partial charge in [0.1, 0.15) is 16.7 Å². The first kappa shape index (κ1) is 51.8. The predicted octanol–water partition coefficient (Wildman–Crippen LogP) is 5.48. The molecule has 4 N–H and O–H groups in total. The molecule has 0 radical (unpaired) electrons. The molecule has 0 saturated carbocycles. The fourth-order valence-corrected chi connectivity index (χ4v) is 9.92. The molecular formula is C42H49N2NaO14S4. The number of rotatable bonds is 18. The fraction of sp³-hybridized carbons (Fsp3) is 0.333. The Labute approximate surface area is 390 Å². The van der Waals surface area contributed by atoms with Gasteiger partial charge in [0, 0.05) is 47.5 Å². The van der Waals surface area contributed by atoms with Gasteiger partial charge in [-0.15, -0.1) is 0 Å². The number of hydrogen-bond acceptors (Lipinski definition) is 11. The van der Waals surface area contributed by atoms with Gasteiger partial charge in [-0.2, -0.15) is 29.8 Å². The van der Waals surface area contributed by atoms with Crippen LogP contribution in [0.1, 0.15) is 80.4 Å². The molecule has 0 aliphatic carbocycles. The van der Waals surface area contributed by atoms with E-state index in [1.807, 2.05) is 37.2 Å².